The standard InChI is InChI=1S/C20H30N4O2.HI/c1-22-19(24-11-5-6-15(13-24)12-18(21)25)23-14-20(9-10-20)16-7-3-4-8-17(16)26-2;/h3-4,7-8,15H,5-6,9-14H2,1-2H3,(H2,21,25)(H,22,23);1H. The molecule has 6 nitrogen and oxygen atoms in total. The van der Waals surface area contributed by atoms with E-state index in [4.69, 9.17) is 10.5 Å². The molecule has 0 aromatic heterocycles. The van der Waals surface area contributed by atoms with Crippen molar-refractivity contribution in [2.45, 2.75) is 37.5 Å². The number of aliphatic imine (C=N–C) groups is 1. The van der Waals surface area contributed by atoms with Crippen molar-refractivity contribution in [3.63, 3.8) is 0 Å². The molecule has 0 radical (unpaired) electrons. The summed E-state index contributed by atoms with van der Waals surface area (Å²) < 4.78 is 5.56. The number of hydrogen-bond acceptors (Lipinski definition) is 3. The van der Waals surface area contributed by atoms with Crippen LogP contribution in [0.1, 0.15) is 37.7 Å². The van der Waals surface area contributed by atoms with E-state index in [0.717, 1.165) is 57.0 Å². The van der Waals surface area contributed by atoms with Gasteiger partial charge in [-0.3, -0.25) is 9.79 Å². The molecule has 3 rings (SSSR count). The Morgan fingerprint density at radius 1 is 1.41 bits per heavy atom. The molecule has 1 aliphatic heterocycles. The summed E-state index contributed by atoms with van der Waals surface area (Å²) in [7, 11) is 3.55. The van der Waals surface area contributed by atoms with Crippen molar-refractivity contribution in [1.29, 1.82) is 0 Å². The number of nitrogens with two attached hydrogens (primary N) is 1. The summed E-state index contributed by atoms with van der Waals surface area (Å²) in [5, 5.41) is 3.57. The normalized spacial score (nSPS) is 21.2. The maximum Gasteiger partial charge on any atom is 0.217 e. The first-order valence-corrected chi connectivity index (χ1v) is 9.45. The first kappa shape index (κ1) is 21.8. The minimum atomic E-state index is -0.215. The van der Waals surface area contributed by atoms with Crippen molar-refractivity contribution in [2.24, 2.45) is 16.6 Å². The number of hydrogen-bond donors (Lipinski definition) is 2. The molecule has 2 fully saturated rings. The van der Waals surface area contributed by atoms with Gasteiger partial charge >= 0.3 is 0 Å². The first-order chi connectivity index (χ1) is 12.6. The Labute approximate surface area is 178 Å². The van der Waals surface area contributed by atoms with Gasteiger partial charge in [0.2, 0.25) is 5.91 Å². The zero-order chi connectivity index (χ0) is 18.6. The summed E-state index contributed by atoms with van der Waals surface area (Å²) in [6, 6.07) is 8.28. The van der Waals surface area contributed by atoms with Gasteiger partial charge in [0.05, 0.1) is 7.11 Å². The molecule has 1 unspecified atom stereocenters. The Hall–Kier alpha value is -1.51. The van der Waals surface area contributed by atoms with E-state index < -0.39 is 0 Å². The van der Waals surface area contributed by atoms with E-state index in [1.807, 2.05) is 19.2 Å². The summed E-state index contributed by atoms with van der Waals surface area (Å²) in [6.07, 6.45) is 4.89. The van der Waals surface area contributed by atoms with E-state index in [9.17, 15) is 4.79 Å². The molecule has 1 aromatic carbocycles. The highest BCUT2D eigenvalue weighted by Gasteiger charge is 2.46. The number of guanidine groups is 1. The fraction of sp³-hybridized carbons (Fsp3) is 0.600. The minimum Gasteiger partial charge on any atom is -0.496 e. The highest BCUT2D eigenvalue weighted by molar-refractivity contribution is 14.0. The number of piperidine rings is 1. The van der Waals surface area contributed by atoms with Crippen LogP contribution in [-0.2, 0) is 10.2 Å². The molecule has 1 amide bonds. The summed E-state index contributed by atoms with van der Waals surface area (Å²) >= 11 is 0. The van der Waals surface area contributed by atoms with Crippen molar-refractivity contribution in [3.05, 3.63) is 29.8 Å². The fourth-order valence-corrected chi connectivity index (χ4v) is 4.06. The van der Waals surface area contributed by atoms with Gasteiger partial charge in [0.1, 0.15) is 5.75 Å². The molecule has 1 saturated carbocycles. The number of methoxy groups -OCH3 is 1. The van der Waals surface area contributed by atoms with Gasteiger partial charge in [0.15, 0.2) is 5.96 Å². The van der Waals surface area contributed by atoms with E-state index in [1.54, 1.807) is 7.11 Å². The summed E-state index contributed by atoms with van der Waals surface area (Å²) in [4.78, 5) is 18.0. The van der Waals surface area contributed by atoms with Crippen LogP contribution in [0.4, 0.5) is 0 Å². The maximum absolute atomic E-state index is 11.2. The average molecular weight is 486 g/mol. The molecule has 1 aromatic rings. The molecule has 2 aliphatic rings. The van der Waals surface area contributed by atoms with Crippen molar-refractivity contribution in [1.82, 2.24) is 10.2 Å². The Balaban J connectivity index is 0.00000261. The lowest BCUT2D eigenvalue weighted by molar-refractivity contribution is -0.119. The van der Waals surface area contributed by atoms with Crippen LogP contribution in [0.3, 0.4) is 0 Å². The first-order valence-electron chi connectivity index (χ1n) is 9.45. The van der Waals surface area contributed by atoms with E-state index in [2.05, 4.69) is 27.3 Å². The zero-order valence-electron chi connectivity index (χ0n) is 16.2. The second kappa shape index (κ2) is 9.61. The van der Waals surface area contributed by atoms with Crippen molar-refractivity contribution >= 4 is 35.8 Å². The van der Waals surface area contributed by atoms with Gasteiger partial charge in [-0.2, -0.15) is 0 Å². The number of likely N-dealkylation sites (tertiary alicyclic amines) is 1. The van der Waals surface area contributed by atoms with Gasteiger partial charge < -0.3 is 20.7 Å². The smallest absolute Gasteiger partial charge is 0.217 e. The summed E-state index contributed by atoms with van der Waals surface area (Å²) in [5.41, 5.74) is 6.78. The average Bonchev–Trinajstić information content (AvgIpc) is 3.43. The highest BCUT2D eigenvalue weighted by Crippen LogP contribution is 2.50. The number of para-hydroxylation sites is 1. The van der Waals surface area contributed by atoms with E-state index in [0.29, 0.717) is 12.3 Å². The Kier molecular flexibility index (Phi) is 7.76. The third kappa shape index (κ3) is 5.27. The predicted octanol–water partition coefficient (Wildman–Crippen LogP) is 2.51. The topological polar surface area (TPSA) is 80.0 Å². The molecule has 1 heterocycles. The summed E-state index contributed by atoms with van der Waals surface area (Å²) in [5.74, 6) is 1.98. The third-order valence-electron chi connectivity index (χ3n) is 5.64. The van der Waals surface area contributed by atoms with Crippen LogP contribution in [0.15, 0.2) is 29.3 Å². The number of amides is 1. The molecule has 1 aliphatic carbocycles. The van der Waals surface area contributed by atoms with E-state index >= 15 is 0 Å². The predicted molar refractivity (Wildman–Crippen MR) is 119 cm³/mol. The molecule has 0 spiro atoms. The minimum absolute atomic E-state index is 0. The Bertz CT molecular complexity index is 676. The molecular weight excluding hydrogens is 455 g/mol. The van der Waals surface area contributed by atoms with Gasteiger partial charge in [0.25, 0.3) is 0 Å². The lowest BCUT2D eigenvalue weighted by Gasteiger charge is -2.35. The molecular formula is C20H31IN4O2. The van der Waals surface area contributed by atoms with Crippen LogP contribution in [0.25, 0.3) is 0 Å². The molecule has 150 valence electrons. The number of carbonyl (C=O) groups is 1. The quantitative estimate of drug-likeness (QED) is 0.368. The molecule has 7 heteroatoms. The number of primary amides is 1. The molecule has 0 bridgehead atoms. The second-order valence-electron chi connectivity index (χ2n) is 7.51. The Morgan fingerprint density at radius 3 is 2.78 bits per heavy atom. The van der Waals surface area contributed by atoms with Crippen molar-refractivity contribution < 1.29 is 9.53 Å². The molecule has 27 heavy (non-hydrogen) atoms. The molecule has 1 saturated heterocycles. The zero-order valence-corrected chi connectivity index (χ0v) is 18.6. The largest absolute Gasteiger partial charge is 0.496 e. The Morgan fingerprint density at radius 2 is 2.15 bits per heavy atom. The van der Waals surface area contributed by atoms with Gasteiger partial charge in [0, 0.05) is 44.1 Å². The maximum atomic E-state index is 11.2. The SMILES string of the molecule is CN=C(NCC1(c2ccccc2OC)CC1)N1CCCC(CC(N)=O)C1.I. The monoisotopic (exact) mass is 486 g/mol. The van der Waals surface area contributed by atoms with Crippen LogP contribution in [-0.4, -0.2) is 50.6 Å². The fourth-order valence-electron chi connectivity index (χ4n) is 4.06. The highest BCUT2D eigenvalue weighted by atomic mass is 127. The molecule has 3 N–H and O–H groups in total. The van der Waals surface area contributed by atoms with Gasteiger partial charge in [-0.05, 0) is 37.7 Å². The second-order valence-corrected chi connectivity index (χ2v) is 7.51. The number of rotatable bonds is 6. The lowest BCUT2D eigenvalue weighted by Crippen LogP contribution is -2.48. The number of benzene rings is 1. The number of carbonyl (C=O) groups excluding carboxylic acids is 1. The van der Waals surface area contributed by atoms with Gasteiger partial charge in [-0.1, -0.05) is 18.2 Å². The number of nitrogens with zero attached hydrogens (tertiary/aromatic N) is 2. The van der Waals surface area contributed by atoms with Crippen LogP contribution in [0.5, 0.6) is 5.75 Å². The van der Waals surface area contributed by atoms with Crippen molar-refractivity contribution in [2.75, 3.05) is 33.8 Å². The van der Waals surface area contributed by atoms with Crippen LogP contribution in [0.2, 0.25) is 0 Å². The van der Waals surface area contributed by atoms with Crippen LogP contribution < -0.4 is 15.8 Å². The van der Waals surface area contributed by atoms with Crippen molar-refractivity contribution in [3.8, 4) is 5.75 Å². The number of halogens is 1. The van der Waals surface area contributed by atoms with Gasteiger partial charge in [-0.25, -0.2) is 0 Å². The number of nitrogens with one attached hydrogen (secondary N) is 1. The lowest BCUT2D eigenvalue weighted by atomic mass is 9.94. The molecule has 1 atom stereocenters. The summed E-state index contributed by atoms with van der Waals surface area (Å²) in [6.45, 7) is 2.65. The van der Waals surface area contributed by atoms with Crippen LogP contribution in [0, 0.1) is 5.92 Å². The van der Waals surface area contributed by atoms with Gasteiger partial charge in [-0.15, -0.1) is 24.0 Å². The van der Waals surface area contributed by atoms with E-state index in [1.165, 1.54) is 5.56 Å². The third-order valence-corrected chi connectivity index (χ3v) is 5.64. The number of ether oxygens (including phenoxy) is 1. The van der Waals surface area contributed by atoms with E-state index in [-0.39, 0.29) is 35.3 Å². The van der Waals surface area contributed by atoms with Crippen LogP contribution >= 0.6 is 24.0 Å².